The van der Waals surface area contributed by atoms with Crippen molar-refractivity contribution in [2.75, 3.05) is 45.7 Å². The Morgan fingerprint density at radius 1 is 0.966 bits per heavy atom. The molecule has 3 amide bonds. The molecule has 8 nitrogen and oxygen atoms in total. The number of ether oxygens (including phenoxy) is 2. The first-order valence-electron chi connectivity index (χ1n) is 9.17. The van der Waals surface area contributed by atoms with Gasteiger partial charge in [0.2, 0.25) is 6.41 Å². The maximum atomic E-state index is 12.8. The number of benzene rings is 2. The van der Waals surface area contributed by atoms with Crippen molar-refractivity contribution < 1.29 is 23.9 Å². The lowest BCUT2D eigenvalue weighted by atomic mass is 10.1. The van der Waals surface area contributed by atoms with Gasteiger partial charge in [0.15, 0.2) is 0 Å². The number of hydrogen-bond donors (Lipinski definition) is 1. The monoisotopic (exact) mass is 397 g/mol. The average Bonchev–Trinajstić information content (AvgIpc) is 2.78. The van der Waals surface area contributed by atoms with E-state index >= 15 is 0 Å². The molecule has 0 saturated carbocycles. The molecule has 1 saturated heterocycles. The molecule has 8 heteroatoms. The first-order valence-corrected chi connectivity index (χ1v) is 9.17. The van der Waals surface area contributed by atoms with Crippen LogP contribution in [0.3, 0.4) is 0 Å². The Labute approximate surface area is 169 Å². The maximum absolute atomic E-state index is 12.8. The second-order valence-electron chi connectivity index (χ2n) is 6.53. The van der Waals surface area contributed by atoms with Crippen molar-refractivity contribution in [2.45, 2.75) is 0 Å². The third kappa shape index (κ3) is 4.66. The van der Waals surface area contributed by atoms with Crippen molar-refractivity contribution in [1.29, 1.82) is 0 Å². The van der Waals surface area contributed by atoms with Gasteiger partial charge in [-0.1, -0.05) is 6.07 Å². The van der Waals surface area contributed by atoms with Gasteiger partial charge in [-0.3, -0.25) is 14.4 Å². The van der Waals surface area contributed by atoms with Gasteiger partial charge in [0.05, 0.1) is 19.9 Å². The lowest BCUT2D eigenvalue weighted by Crippen LogP contribution is -2.48. The van der Waals surface area contributed by atoms with E-state index in [1.165, 1.54) is 7.11 Å². The summed E-state index contributed by atoms with van der Waals surface area (Å²) in [4.78, 5) is 39.6. The van der Waals surface area contributed by atoms with Gasteiger partial charge in [-0.15, -0.1) is 0 Å². The minimum absolute atomic E-state index is 0.160. The van der Waals surface area contributed by atoms with Crippen LogP contribution in [0.2, 0.25) is 0 Å². The maximum Gasteiger partial charge on any atom is 0.255 e. The summed E-state index contributed by atoms with van der Waals surface area (Å²) in [5.41, 5.74) is 1.29. The summed E-state index contributed by atoms with van der Waals surface area (Å²) in [7, 11) is 3.06. The van der Waals surface area contributed by atoms with E-state index in [0.717, 1.165) is 6.41 Å². The third-order valence-electron chi connectivity index (χ3n) is 4.78. The van der Waals surface area contributed by atoms with Crippen LogP contribution in [0.1, 0.15) is 20.7 Å². The Kier molecular flexibility index (Phi) is 6.33. The highest BCUT2D eigenvalue weighted by Crippen LogP contribution is 2.29. The molecule has 1 heterocycles. The van der Waals surface area contributed by atoms with Gasteiger partial charge < -0.3 is 24.6 Å². The highest BCUT2D eigenvalue weighted by molar-refractivity contribution is 6.06. The summed E-state index contributed by atoms with van der Waals surface area (Å²) >= 11 is 0. The van der Waals surface area contributed by atoms with Gasteiger partial charge >= 0.3 is 0 Å². The number of carbonyl (C=O) groups excluding carboxylic acids is 3. The summed E-state index contributed by atoms with van der Waals surface area (Å²) in [5, 5.41) is 2.80. The highest BCUT2D eigenvalue weighted by atomic mass is 16.5. The Bertz CT molecular complexity index is 907. The SMILES string of the molecule is COc1ccc(NC(=O)c2cccc(C(=O)N3CCN(C=O)CC3)c2)c(OC)c1. The van der Waals surface area contributed by atoms with Crippen LogP contribution in [0.25, 0.3) is 0 Å². The molecule has 0 atom stereocenters. The summed E-state index contributed by atoms with van der Waals surface area (Å²) in [6, 6.07) is 11.7. The highest BCUT2D eigenvalue weighted by Gasteiger charge is 2.22. The summed E-state index contributed by atoms with van der Waals surface area (Å²) < 4.78 is 10.5. The second-order valence-corrected chi connectivity index (χ2v) is 6.53. The number of piperazine rings is 1. The minimum Gasteiger partial charge on any atom is -0.497 e. The van der Waals surface area contributed by atoms with Gasteiger partial charge in [0.25, 0.3) is 11.8 Å². The van der Waals surface area contributed by atoms with E-state index in [1.807, 2.05) is 0 Å². The number of nitrogens with zero attached hydrogens (tertiary/aromatic N) is 2. The first-order chi connectivity index (χ1) is 14.0. The molecular formula is C21H23N3O5. The van der Waals surface area contributed by atoms with Crippen molar-refractivity contribution in [3.63, 3.8) is 0 Å². The van der Waals surface area contributed by atoms with Crippen LogP contribution in [0.15, 0.2) is 42.5 Å². The van der Waals surface area contributed by atoms with Gasteiger partial charge in [-0.25, -0.2) is 0 Å². The number of carbonyl (C=O) groups is 3. The molecule has 152 valence electrons. The van der Waals surface area contributed by atoms with Gasteiger partial charge in [-0.05, 0) is 30.3 Å². The average molecular weight is 397 g/mol. The minimum atomic E-state index is -0.353. The van der Waals surface area contributed by atoms with E-state index in [4.69, 9.17) is 9.47 Å². The quantitative estimate of drug-likeness (QED) is 0.752. The molecule has 0 aromatic heterocycles. The Balaban J connectivity index is 1.73. The fraction of sp³-hybridized carbons (Fsp3) is 0.286. The molecule has 3 rings (SSSR count). The van der Waals surface area contributed by atoms with E-state index in [0.29, 0.717) is 54.5 Å². The van der Waals surface area contributed by atoms with E-state index in [9.17, 15) is 14.4 Å². The predicted octanol–water partition coefficient (Wildman–Crippen LogP) is 1.87. The van der Waals surface area contributed by atoms with Gasteiger partial charge in [-0.2, -0.15) is 0 Å². The number of anilines is 1. The normalized spacial score (nSPS) is 13.6. The molecule has 29 heavy (non-hydrogen) atoms. The van der Waals surface area contributed by atoms with E-state index in [-0.39, 0.29) is 11.8 Å². The molecule has 2 aromatic rings. The zero-order valence-electron chi connectivity index (χ0n) is 16.4. The van der Waals surface area contributed by atoms with Crippen LogP contribution in [0, 0.1) is 0 Å². The number of hydrogen-bond acceptors (Lipinski definition) is 5. The van der Waals surface area contributed by atoms with Crippen molar-refractivity contribution in [3.05, 3.63) is 53.6 Å². The summed E-state index contributed by atoms with van der Waals surface area (Å²) in [6.07, 6.45) is 0.792. The molecule has 2 aromatic carbocycles. The van der Waals surface area contributed by atoms with Crippen LogP contribution < -0.4 is 14.8 Å². The molecule has 1 aliphatic heterocycles. The third-order valence-corrected chi connectivity index (χ3v) is 4.78. The molecule has 0 spiro atoms. The molecule has 1 aliphatic rings. The lowest BCUT2D eigenvalue weighted by molar-refractivity contribution is -0.119. The zero-order chi connectivity index (χ0) is 20.8. The predicted molar refractivity (Wildman–Crippen MR) is 107 cm³/mol. The molecule has 1 N–H and O–H groups in total. The molecule has 0 bridgehead atoms. The zero-order valence-corrected chi connectivity index (χ0v) is 16.4. The first kappa shape index (κ1) is 20.2. The fourth-order valence-corrected chi connectivity index (χ4v) is 3.10. The van der Waals surface area contributed by atoms with E-state index in [1.54, 1.807) is 59.4 Å². The van der Waals surface area contributed by atoms with Gasteiger partial charge in [0, 0.05) is 43.4 Å². The summed E-state index contributed by atoms with van der Waals surface area (Å²) in [5.74, 6) is 0.571. The number of methoxy groups -OCH3 is 2. The smallest absolute Gasteiger partial charge is 0.255 e. The van der Waals surface area contributed by atoms with Crippen molar-refractivity contribution in [2.24, 2.45) is 0 Å². The molecule has 0 unspecified atom stereocenters. The van der Waals surface area contributed by atoms with Crippen molar-refractivity contribution in [3.8, 4) is 11.5 Å². The standard InChI is InChI=1S/C21H23N3O5/c1-28-17-6-7-18(19(13-17)29-2)22-20(26)15-4-3-5-16(12-15)21(27)24-10-8-23(14-25)9-11-24/h3-7,12-14H,8-11H2,1-2H3,(H,22,26). The lowest BCUT2D eigenvalue weighted by Gasteiger charge is -2.32. The number of amides is 3. The number of rotatable bonds is 6. The van der Waals surface area contributed by atoms with Crippen LogP contribution >= 0.6 is 0 Å². The van der Waals surface area contributed by atoms with Crippen LogP contribution in [0.5, 0.6) is 11.5 Å². The van der Waals surface area contributed by atoms with Crippen LogP contribution in [-0.4, -0.2) is 68.4 Å². The van der Waals surface area contributed by atoms with Gasteiger partial charge in [0.1, 0.15) is 11.5 Å². The largest absolute Gasteiger partial charge is 0.497 e. The number of nitrogens with one attached hydrogen (secondary N) is 1. The molecular weight excluding hydrogens is 374 g/mol. The molecule has 1 fully saturated rings. The topological polar surface area (TPSA) is 88.2 Å². The van der Waals surface area contributed by atoms with Crippen molar-refractivity contribution in [1.82, 2.24) is 9.80 Å². The van der Waals surface area contributed by atoms with Crippen LogP contribution in [-0.2, 0) is 4.79 Å². The second kappa shape index (κ2) is 9.09. The molecule has 0 radical (unpaired) electrons. The van der Waals surface area contributed by atoms with Crippen LogP contribution in [0.4, 0.5) is 5.69 Å². The Hall–Kier alpha value is -3.55. The van der Waals surface area contributed by atoms with E-state index in [2.05, 4.69) is 5.32 Å². The fourth-order valence-electron chi connectivity index (χ4n) is 3.10. The molecule has 0 aliphatic carbocycles. The van der Waals surface area contributed by atoms with Crippen molar-refractivity contribution >= 4 is 23.9 Å². The Morgan fingerprint density at radius 2 is 1.69 bits per heavy atom. The van der Waals surface area contributed by atoms with E-state index < -0.39 is 0 Å². The summed E-state index contributed by atoms with van der Waals surface area (Å²) in [6.45, 7) is 1.95. The Morgan fingerprint density at radius 3 is 2.34 bits per heavy atom.